The standard InChI is InChI=1S/C16H21FN2O3/c1-16(2,3)18-15(21)11-8-19(9-11)14(20)10-22-13-7-5-4-6-12(13)17/h4-7,11H,8-10H2,1-3H3,(H,18,21). The van der Waals surface area contributed by atoms with Gasteiger partial charge in [-0.1, -0.05) is 12.1 Å². The number of nitrogens with zero attached hydrogens (tertiary/aromatic N) is 1. The largest absolute Gasteiger partial charge is 0.481 e. The van der Waals surface area contributed by atoms with Crippen LogP contribution in [0.4, 0.5) is 4.39 Å². The summed E-state index contributed by atoms with van der Waals surface area (Å²) in [4.78, 5) is 25.3. The fourth-order valence-corrected chi connectivity index (χ4v) is 2.11. The summed E-state index contributed by atoms with van der Waals surface area (Å²) in [6, 6.07) is 5.94. The van der Waals surface area contributed by atoms with Crippen molar-refractivity contribution in [2.45, 2.75) is 26.3 Å². The van der Waals surface area contributed by atoms with Gasteiger partial charge in [-0.15, -0.1) is 0 Å². The van der Waals surface area contributed by atoms with Gasteiger partial charge in [0.25, 0.3) is 5.91 Å². The molecular formula is C16H21FN2O3. The van der Waals surface area contributed by atoms with Gasteiger partial charge in [0.1, 0.15) is 0 Å². The van der Waals surface area contributed by atoms with Crippen LogP contribution in [0.2, 0.25) is 0 Å². The molecule has 1 N–H and O–H groups in total. The van der Waals surface area contributed by atoms with Crippen LogP contribution in [0.1, 0.15) is 20.8 Å². The normalized spacial score (nSPS) is 15.2. The third-order valence-electron chi connectivity index (χ3n) is 3.29. The van der Waals surface area contributed by atoms with E-state index in [4.69, 9.17) is 4.74 Å². The van der Waals surface area contributed by atoms with E-state index in [2.05, 4.69) is 5.32 Å². The lowest BCUT2D eigenvalue weighted by Crippen LogP contribution is -2.58. The Kier molecular flexibility index (Phi) is 4.68. The van der Waals surface area contributed by atoms with Gasteiger partial charge in [-0.2, -0.15) is 0 Å². The molecule has 1 heterocycles. The summed E-state index contributed by atoms with van der Waals surface area (Å²) in [6.45, 7) is 6.26. The van der Waals surface area contributed by atoms with Gasteiger partial charge in [0.05, 0.1) is 5.92 Å². The van der Waals surface area contributed by atoms with E-state index < -0.39 is 5.82 Å². The first kappa shape index (κ1) is 16.3. The highest BCUT2D eigenvalue weighted by Crippen LogP contribution is 2.19. The topological polar surface area (TPSA) is 58.6 Å². The molecule has 0 saturated carbocycles. The van der Waals surface area contributed by atoms with Crippen molar-refractivity contribution in [2.75, 3.05) is 19.7 Å². The third kappa shape index (κ3) is 4.19. The van der Waals surface area contributed by atoms with Crippen molar-refractivity contribution in [1.29, 1.82) is 0 Å². The van der Waals surface area contributed by atoms with Gasteiger partial charge in [-0.3, -0.25) is 9.59 Å². The number of hydrogen-bond donors (Lipinski definition) is 1. The van der Waals surface area contributed by atoms with E-state index in [1.165, 1.54) is 17.0 Å². The van der Waals surface area contributed by atoms with Crippen LogP contribution in [-0.4, -0.2) is 41.9 Å². The number of carbonyl (C=O) groups excluding carboxylic acids is 2. The maximum absolute atomic E-state index is 13.4. The lowest BCUT2D eigenvalue weighted by molar-refractivity contribution is -0.145. The smallest absolute Gasteiger partial charge is 0.260 e. The van der Waals surface area contributed by atoms with Gasteiger partial charge in [0, 0.05) is 18.6 Å². The summed E-state index contributed by atoms with van der Waals surface area (Å²) in [6.07, 6.45) is 0. The fourth-order valence-electron chi connectivity index (χ4n) is 2.11. The Morgan fingerprint density at radius 2 is 1.95 bits per heavy atom. The minimum atomic E-state index is -0.499. The molecular weight excluding hydrogens is 287 g/mol. The second-order valence-corrected chi connectivity index (χ2v) is 6.45. The van der Waals surface area contributed by atoms with E-state index in [1.54, 1.807) is 12.1 Å². The highest BCUT2D eigenvalue weighted by atomic mass is 19.1. The quantitative estimate of drug-likeness (QED) is 0.919. The number of nitrogens with one attached hydrogen (secondary N) is 1. The van der Waals surface area contributed by atoms with Gasteiger partial charge >= 0.3 is 0 Å². The van der Waals surface area contributed by atoms with E-state index in [1.807, 2.05) is 20.8 Å². The predicted octanol–water partition coefficient (Wildman–Crippen LogP) is 1.58. The monoisotopic (exact) mass is 308 g/mol. The van der Waals surface area contributed by atoms with Gasteiger partial charge in [-0.05, 0) is 32.9 Å². The number of benzene rings is 1. The molecule has 2 amide bonds. The average Bonchev–Trinajstić information content (AvgIpc) is 2.33. The van der Waals surface area contributed by atoms with Crippen molar-refractivity contribution >= 4 is 11.8 Å². The van der Waals surface area contributed by atoms with E-state index in [-0.39, 0.29) is 35.6 Å². The average molecular weight is 308 g/mol. The molecule has 0 aliphatic carbocycles. The molecule has 1 aromatic carbocycles. The number of amides is 2. The molecule has 0 atom stereocenters. The summed E-state index contributed by atoms with van der Waals surface area (Å²) in [5, 5.41) is 2.89. The van der Waals surface area contributed by atoms with Crippen molar-refractivity contribution < 1.29 is 18.7 Å². The highest BCUT2D eigenvalue weighted by molar-refractivity contribution is 5.85. The van der Waals surface area contributed by atoms with Crippen LogP contribution in [-0.2, 0) is 9.59 Å². The molecule has 5 nitrogen and oxygen atoms in total. The number of likely N-dealkylation sites (tertiary alicyclic amines) is 1. The van der Waals surface area contributed by atoms with Gasteiger partial charge in [-0.25, -0.2) is 4.39 Å². The molecule has 1 fully saturated rings. The number of hydrogen-bond acceptors (Lipinski definition) is 3. The van der Waals surface area contributed by atoms with E-state index >= 15 is 0 Å². The van der Waals surface area contributed by atoms with Crippen LogP contribution in [0.25, 0.3) is 0 Å². The Morgan fingerprint density at radius 3 is 2.55 bits per heavy atom. The Hall–Kier alpha value is -2.11. The Labute approximate surface area is 129 Å². The summed E-state index contributed by atoms with van der Waals surface area (Å²) >= 11 is 0. The molecule has 0 spiro atoms. The predicted molar refractivity (Wildman–Crippen MR) is 79.9 cm³/mol. The second kappa shape index (κ2) is 6.34. The van der Waals surface area contributed by atoms with Crippen LogP contribution in [0, 0.1) is 11.7 Å². The number of para-hydroxylation sites is 1. The number of carbonyl (C=O) groups is 2. The minimum Gasteiger partial charge on any atom is -0.481 e. The maximum atomic E-state index is 13.4. The molecule has 0 aromatic heterocycles. The zero-order chi connectivity index (χ0) is 16.3. The van der Waals surface area contributed by atoms with Crippen molar-refractivity contribution in [3.8, 4) is 5.75 Å². The molecule has 6 heteroatoms. The molecule has 2 rings (SSSR count). The van der Waals surface area contributed by atoms with Crippen LogP contribution in [0.15, 0.2) is 24.3 Å². The highest BCUT2D eigenvalue weighted by Gasteiger charge is 2.36. The Bertz CT molecular complexity index is 563. The Morgan fingerprint density at radius 1 is 1.32 bits per heavy atom. The van der Waals surface area contributed by atoms with Crippen molar-refractivity contribution in [1.82, 2.24) is 10.2 Å². The number of ether oxygens (including phenoxy) is 1. The van der Waals surface area contributed by atoms with Gasteiger partial charge < -0.3 is 15.0 Å². The molecule has 120 valence electrons. The summed E-state index contributed by atoms with van der Waals surface area (Å²) in [7, 11) is 0. The van der Waals surface area contributed by atoms with Crippen LogP contribution >= 0.6 is 0 Å². The summed E-state index contributed by atoms with van der Waals surface area (Å²) in [5.41, 5.74) is -0.282. The summed E-state index contributed by atoms with van der Waals surface area (Å²) < 4.78 is 18.5. The SMILES string of the molecule is CC(C)(C)NC(=O)C1CN(C(=O)COc2ccccc2F)C1. The van der Waals surface area contributed by atoms with E-state index in [9.17, 15) is 14.0 Å². The van der Waals surface area contributed by atoms with E-state index in [0.717, 1.165) is 0 Å². The molecule has 1 saturated heterocycles. The zero-order valence-electron chi connectivity index (χ0n) is 13.1. The molecule has 0 unspecified atom stereocenters. The first-order valence-corrected chi connectivity index (χ1v) is 7.23. The van der Waals surface area contributed by atoms with Crippen molar-refractivity contribution in [2.24, 2.45) is 5.92 Å². The molecule has 0 bridgehead atoms. The molecule has 1 aliphatic rings. The minimum absolute atomic E-state index is 0.0495. The second-order valence-electron chi connectivity index (χ2n) is 6.45. The lowest BCUT2D eigenvalue weighted by Gasteiger charge is -2.39. The first-order valence-electron chi connectivity index (χ1n) is 7.23. The molecule has 1 aliphatic heterocycles. The first-order chi connectivity index (χ1) is 10.3. The van der Waals surface area contributed by atoms with Gasteiger partial charge in [0.2, 0.25) is 5.91 Å². The van der Waals surface area contributed by atoms with Crippen LogP contribution < -0.4 is 10.1 Å². The molecule has 0 radical (unpaired) electrons. The van der Waals surface area contributed by atoms with Gasteiger partial charge in [0.15, 0.2) is 18.2 Å². The number of halogens is 1. The van der Waals surface area contributed by atoms with Crippen molar-refractivity contribution in [3.63, 3.8) is 0 Å². The molecule has 22 heavy (non-hydrogen) atoms. The lowest BCUT2D eigenvalue weighted by atomic mass is 9.97. The number of rotatable bonds is 4. The zero-order valence-corrected chi connectivity index (χ0v) is 13.1. The summed E-state index contributed by atoms with van der Waals surface area (Å²) in [5.74, 6) is -0.925. The van der Waals surface area contributed by atoms with Crippen LogP contribution in [0.5, 0.6) is 5.75 Å². The fraction of sp³-hybridized carbons (Fsp3) is 0.500. The van der Waals surface area contributed by atoms with E-state index in [0.29, 0.717) is 13.1 Å². The third-order valence-corrected chi connectivity index (χ3v) is 3.29. The maximum Gasteiger partial charge on any atom is 0.260 e. The van der Waals surface area contributed by atoms with Crippen molar-refractivity contribution in [3.05, 3.63) is 30.1 Å². The van der Waals surface area contributed by atoms with Crippen LogP contribution in [0.3, 0.4) is 0 Å². The Balaban J connectivity index is 1.75. The molecule has 1 aromatic rings.